The lowest BCUT2D eigenvalue weighted by Gasteiger charge is -2.31. The molecule has 1 unspecified atom stereocenters. The molecule has 0 aromatic heterocycles. The summed E-state index contributed by atoms with van der Waals surface area (Å²) in [7, 11) is 3.20. The molecule has 2 N–H and O–H groups in total. The minimum absolute atomic E-state index is 0.261. The number of guanidine groups is 1. The van der Waals surface area contributed by atoms with Gasteiger partial charge < -0.3 is 24.8 Å². The molecule has 3 rings (SSSR count). The fraction of sp³-hybridized carbons (Fsp3) is 0.409. The van der Waals surface area contributed by atoms with E-state index in [1.807, 2.05) is 12.1 Å². The highest BCUT2D eigenvalue weighted by Crippen LogP contribution is 2.27. The molecule has 150 valence electrons. The largest absolute Gasteiger partial charge is 0.497 e. The lowest BCUT2D eigenvalue weighted by molar-refractivity contribution is 0.185. The fourth-order valence-electron chi connectivity index (χ4n) is 3.40. The number of aliphatic imine (C=N–C) groups is 1. The second kappa shape index (κ2) is 9.46. The third-order valence-electron chi connectivity index (χ3n) is 4.94. The molecule has 1 aliphatic heterocycles. The molecule has 6 nitrogen and oxygen atoms in total. The van der Waals surface area contributed by atoms with Crippen LogP contribution in [0.15, 0.2) is 47.5 Å². The van der Waals surface area contributed by atoms with Gasteiger partial charge in [-0.3, -0.25) is 4.99 Å². The standard InChI is InChI=1S/C22H29N3O3/c1-4-23-22(25-10-9-16-7-5-6-8-17(16)15-25)24-14-21(26)18-11-19(27-2)13-20(12-18)28-3/h5-8,11-13,21,26H,4,9-10,14-15H2,1-3H3,(H,23,24). The summed E-state index contributed by atoms with van der Waals surface area (Å²) in [6.07, 6.45) is 0.255. The number of benzene rings is 2. The van der Waals surface area contributed by atoms with Crippen LogP contribution in [-0.2, 0) is 13.0 Å². The predicted octanol–water partition coefficient (Wildman–Crippen LogP) is 2.76. The molecule has 0 radical (unpaired) electrons. The van der Waals surface area contributed by atoms with Crippen LogP contribution >= 0.6 is 0 Å². The van der Waals surface area contributed by atoms with E-state index in [0.717, 1.165) is 37.6 Å². The zero-order valence-corrected chi connectivity index (χ0v) is 16.8. The Morgan fingerprint density at radius 3 is 2.46 bits per heavy atom. The van der Waals surface area contributed by atoms with Crippen molar-refractivity contribution in [2.45, 2.75) is 26.0 Å². The molecule has 0 aliphatic carbocycles. The Balaban J connectivity index is 1.74. The van der Waals surface area contributed by atoms with Gasteiger partial charge in [-0.25, -0.2) is 0 Å². The number of aliphatic hydroxyl groups excluding tert-OH is 1. The van der Waals surface area contributed by atoms with E-state index in [1.165, 1.54) is 11.1 Å². The minimum atomic E-state index is -0.741. The first-order chi connectivity index (χ1) is 13.6. The zero-order chi connectivity index (χ0) is 19.9. The molecule has 0 amide bonds. The monoisotopic (exact) mass is 383 g/mol. The summed E-state index contributed by atoms with van der Waals surface area (Å²) in [5.41, 5.74) is 3.45. The van der Waals surface area contributed by atoms with Crippen molar-refractivity contribution in [1.29, 1.82) is 0 Å². The Bertz CT molecular complexity index is 800. The van der Waals surface area contributed by atoms with Crippen molar-refractivity contribution in [3.05, 3.63) is 59.2 Å². The molecule has 2 aromatic carbocycles. The first-order valence-electron chi connectivity index (χ1n) is 9.65. The molecule has 0 spiro atoms. The van der Waals surface area contributed by atoms with Gasteiger partial charge in [0, 0.05) is 25.7 Å². The predicted molar refractivity (Wildman–Crippen MR) is 111 cm³/mol. The molecule has 1 atom stereocenters. The molecule has 2 aromatic rings. The summed E-state index contributed by atoms with van der Waals surface area (Å²) < 4.78 is 10.6. The van der Waals surface area contributed by atoms with Crippen LogP contribution in [0, 0.1) is 0 Å². The Hall–Kier alpha value is -2.73. The van der Waals surface area contributed by atoms with E-state index in [1.54, 1.807) is 20.3 Å². The van der Waals surface area contributed by atoms with Crippen LogP contribution in [0.4, 0.5) is 0 Å². The highest BCUT2D eigenvalue weighted by molar-refractivity contribution is 5.80. The molecule has 6 heteroatoms. The molecule has 28 heavy (non-hydrogen) atoms. The average molecular weight is 383 g/mol. The van der Waals surface area contributed by atoms with Crippen molar-refractivity contribution < 1.29 is 14.6 Å². The van der Waals surface area contributed by atoms with Crippen LogP contribution < -0.4 is 14.8 Å². The van der Waals surface area contributed by atoms with E-state index < -0.39 is 6.10 Å². The van der Waals surface area contributed by atoms with E-state index in [9.17, 15) is 5.11 Å². The summed E-state index contributed by atoms with van der Waals surface area (Å²) in [4.78, 5) is 6.94. The number of hydrogen-bond acceptors (Lipinski definition) is 4. The van der Waals surface area contributed by atoms with Gasteiger partial charge in [-0.15, -0.1) is 0 Å². The van der Waals surface area contributed by atoms with Crippen LogP contribution in [0.5, 0.6) is 11.5 Å². The minimum Gasteiger partial charge on any atom is -0.497 e. The van der Waals surface area contributed by atoms with E-state index in [4.69, 9.17) is 14.5 Å². The summed E-state index contributed by atoms with van der Waals surface area (Å²) in [5.74, 6) is 2.12. The van der Waals surface area contributed by atoms with Gasteiger partial charge in [-0.2, -0.15) is 0 Å². The van der Waals surface area contributed by atoms with E-state index in [0.29, 0.717) is 11.5 Å². The van der Waals surface area contributed by atoms with Crippen LogP contribution in [0.1, 0.15) is 29.7 Å². The van der Waals surface area contributed by atoms with Crippen LogP contribution in [0.2, 0.25) is 0 Å². The van der Waals surface area contributed by atoms with Crippen LogP contribution in [0.25, 0.3) is 0 Å². The molecular formula is C22H29N3O3. The first-order valence-corrected chi connectivity index (χ1v) is 9.65. The summed E-state index contributed by atoms with van der Waals surface area (Å²) in [6.45, 7) is 4.82. The summed E-state index contributed by atoms with van der Waals surface area (Å²) in [6, 6.07) is 13.9. The normalized spacial score (nSPS) is 15.0. The number of ether oxygens (including phenoxy) is 2. The van der Waals surface area contributed by atoms with Gasteiger partial charge >= 0.3 is 0 Å². The highest BCUT2D eigenvalue weighted by atomic mass is 16.5. The Labute approximate surface area is 166 Å². The lowest BCUT2D eigenvalue weighted by Crippen LogP contribution is -2.44. The fourth-order valence-corrected chi connectivity index (χ4v) is 3.40. The number of aliphatic hydroxyl groups is 1. The third-order valence-corrected chi connectivity index (χ3v) is 4.94. The quantitative estimate of drug-likeness (QED) is 0.593. The van der Waals surface area contributed by atoms with Crippen molar-refractivity contribution in [2.24, 2.45) is 4.99 Å². The van der Waals surface area contributed by atoms with Gasteiger partial charge in [0.2, 0.25) is 0 Å². The molecule has 1 heterocycles. The molecule has 0 saturated carbocycles. The second-order valence-electron chi connectivity index (χ2n) is 6.80. The van der Waals surface area contributed by atoms with Gasteiger partial charge in [0.05, 0.1) is 26.9 Å². The van der Waals surface area contributed by atoms with Gasteiger partial charge in [0.25, 0.3) is 0 Å². The molecule has 0 fully saturated rings. The van der Waals surface area contributed by atoms with Crippen LogP contribution in [-0.4, -0.2) is 49.8 Å². The van der Waals surface area contributed by atoms with Gasteiger partial charge in [0.1, 0.15) is 11.5 Å². The number of rotatable bonds is 6. The third kappa shape index (κ3) is 4.75. The summed E-state index contributed by atoms with van der Waals surface area (Å²) in [5, 5.41) is 14.0. The molecule has 0 bridgehead atoms. The molecule has 1 aliphatic rings. The zero-order valence-electron chi connectivity index (χ0n) is 16.8. The maximum Gasteiger partial charge on any atom is 0.194 e. The Morgan fingerprint density at radius 1 is 1.14 bits per heavy atom. The topological polar surface area (TPSA) is 66.3 Å². The second-order valence-corrected chi connectivity index (χ2v) is 6.80. The molecular weight excluding hydrogens is 354 g/mol. The Kier molecular flexibility index (Phi) is 6.76. The Morgan fingerprint density at radius 2 is 1.82 bits per heavy atom. The molecule has 0 saturated heterocycles. The van der Waals surface area contributed by atoms with Crippen LogP contribution in [0.3, 0.4) is 0 Å². The van der Waals surface area contributed by atoms with Gasteiger partial charge in [-0.05, 0) is 42.2 Å². The van der Waals surface area contributed by atoms with Crippen molar-refractivity contribution in [3.8, 4) is 11.5 Å². The van der Waals surface area contributed by atoms with Crippen molar-refractivity contribution in [2.75, 3.05) is 33.9 Å². The van der Waals surface area contributed by atoms with Gasteiger partial charge in [0.15, 0.2) is 5.96 Å². The SMILES string of the molecule is CCNC(=NCC(O)c1cc(OC)cc(OC)c1)N1CCc2ccccc2C1. The van der Waals surface area contributed by atoms with Crippen molar-refractivity contribution >= 4 is 5.96 Å². The lowest BCUT2D eigenvalue weighted by atomic mass is 10.0. The maximum absolute atomic E-state index is 10.7. The number of nitrogens with zero attached hydrogens (tertiary/aromatic N) is 2. The number of fused-ring (bicyclic) bond motifs is 1. The maximum atomic E-state index is 10.7. The highest BCUT2D eigenvalue weighted by Gasteiger charge is 2.19. The first kappa shape index (κ1) is 20.0. The van der Waals surface area contributed by atoms with Crippen molar-refractivity contribution in [3.63, 3.8) is 0 Å². The number of hydrogen-bond donors (Lipinski definition) is 2. The van der Waals surface area contributed by atoms with E-state index in [2.05, 4.69) is 41.4 Å². The van der Waals surface area contributed by atoms with E-state index in [-0.39, 0.29) is 6.54 Å². The van der Waals surface area contributed by atoms with Crippen molar-refractivity contribution in [1.82, 2.24) is 10.2 Å². The van der Waals surface area contributed by atoms with E-state index >= 15 is 0 Å². The number of methoxy groups -OCH3 is 2. The number of nitrogens with one attached hydrogen (secondary N) is 1. The summed E-state index contributed by atoms with van der Waals surface area (Å²) >= 11 is 0. The average Bonchev–Trinajstić information content (AvgIpc) is 2.75. The smallest absolute Gasteiger partial charge is 0.194 e. The van der Waals surface area contributed by atoms with Gasteiger partial charge in [-0.1, -0.05) is 24.3 Å².